The molecule has 3 amide bonds. The summed E-state index contributed by atoms with van der Waals surface area (Å²) in [4.78, 5) is 29.1. The van der Waals surface area contributed by atoms with Crippen molar-refractivity contribution in [1.29, 1.82) is 0 Å². The Hall–Kier alpha value is -2.28. The molecule has 164 valence electrons. The molecule has 0 spiro atoms. The molecule has 2 saturated heterocycles. The van der Waals surface area contributed by atoms with Gasteiger partial charge in [0, 0.05) is 38.6 Å². The number of nitrogens with zero attached hydrogens (tertiary/aromatic N) is 2. The van der Waals surface area contributed by atoms with Crippen molar-refractivity contribution in [1.82, 2.24) is 15.1 Å². The highest BCUT2D eigenvalue weighted by molar-refractivity contribution is 5.79. The molecule has 0 aromatic heterocycles. The van der Waals surface area contributed by atoms with E-state index in [0.29, 0.717) is 63.1 Å². The lowest BCUT2D eigenvalue weighted by atomic mass is 9.88. The Bertz CT molecular complexity index is 747. The average Bonchev–Trinajstić information content (AvgIpc) is 3.24. The van der Waals surface area contributed by atoms with Crippen LogP contribution in [0.1, 0.15) is 25.3 Å². The fraction of sp³-hybridized carbons (Fsp3) is 0.652. The van der Waals surface area contributed by atoms with Gasteiger partial charge in [0.1, 0.15) is 5.75 Å². The van der Waals surface area contributed by atoms with Crippen molar-refractivity contribution >= 4 is 11.9 Å². The van der Waals surface area contributed by atoms with Crippen molar-refractivity contribution in [2.24, 2.45) is 17.8 Å². The molecule has 1 saturated carbocycles. The van der Waals surface area contributed by atoms with Gasteiger partial charge in [0.05, 0.1) is 20.3 Å². The second-order valence-corrected chi connectivity index (χ2v) is 8.78. The van der Waals surface area contributed by atoms with Crippen molar-refractivity contribution in [3.05, 3.63) is 29.8 Å². The van der Waals surface area contributed by atoms with Crippen LogP contribution < -0.4 is 10.1 Å². The molecule has 1 aliphatic carbocycles. The van der Waals surface area contributed by atoms with Gasteiger partial charge < -0.3 is 24.6 Å². The first-order valence-electron chi connectivity index (χ1n) is 11.1. The maximum absolute atomic E-state index is 12.7. The van der Waals surface area contributed by atoms with E-state index in [4.69, 9.17) is 9.47 Å². The summed E-state index contributed by atoms with van der Waals surface area (Å²) in [5.41, 5.74) is 1.22. The first-order valence-corrected chi connectivity index (χ1v) is 11.1. The van der Waals surface area contributed by atoms with E-state index in [-0.39, 0.29) is 11.9 Å². The molecule has 1 aromatic carbocycles. The van der Waals surface area contributed by atoms with E-state index in [2.05, 4.69) is 29.3 Å². The van der Waals surface area contributed by atoms with Crippen LogP contribution in [0.3, 0.4) is 0 Å². The Balaban J connectivity index is 1.31. The van der Waals surface area contributed by atoms with Crippen LogP contribution in [0, 0.1) is 17.8 Å². The summed E-state index contributed by atoms with van der Waals surface area (Å²) in [5, 5.41) is 3.13. The molecule has 3 aliphatic rings. The first kappa shape index (κ1) is 21.0. The summed E-state index contributed by atoms with van der Waals surface area (Å²) in [6.45, 7) is 6.18. The highest BCUT2D eigenvalue weighted by atomic mass is 16.5. The van der Waals surface area contributed by atoms with Gasteiger partial charge >= 0.3 is 6.03 Å². The molecular formula is C23H33N3O4. The van der Waals surface area contributed by atoms with Crippen molar-refractivity contribution in [3.8, 4) is 5.75 Å². The minimum absolute atomic E-state index is 0.00497. The third-order valence-corrected chi connectivity index (χ3v) is 7.11. The Morgan fingerprint density at radius 3 is 2.67 bits per heavy atom. The number of hydrogen-bond acceptors (Lipinski definition) is 4. The number of carbonyl (C=O) groups excluding carboxylic acids is 2. The normalized spacial score (nSPS) is 28.5. The minimum atomic E-state index is -0.00497. The monoisotopic (exact) mass is 415 g/mol. The smallest absolute Gasteiger partial charge is 0.317 e. The van der Waals surface area contributed by atoms with Gasteiger partial charge in [0.15, 0.2) is 0 Å². The highest BCUT2D eigenvalue weighted by Gasteiger charge is 2.50. The molecule has 1 aromatic rings. The Labute approximate surface area is 178 Å². The van der Waals surface area contributed by atoms with E-state index in [0.717, 1.165) is 25.1 Å². The lowest BCUT2D eigenvalue weighted by molar-refractivity contribution is -0.129. The first-order chi connectivity index (χ1) is 14.6. The fourth-order valence-corrected chi connectivity index (χ4v) is 5.36. The van der Waals surface area contributed by atoms with Gasteiger partial charge in [-0.1, -0.05) is 19.1 Å². The maximum Gasteiger partial charge on any atom is 0.317 e. The quantitative estimate of drug-likeness (QED) is 0.773. The number of rotatable bonds is 6. The minimum Gasteiger partial charge on any atom is -0.497 e. The predicted octanol–water partition coefficient (Wildman–Crippen LogP) is 2.15. The largest absolute Gasteiger partial charge is 0.497 e. The molecule has 4 rings (SSSR count). The number of benzene rings is 1. The number of likely N-dealkylation sites (tertiary alicyclic amines) is 1. The molecule has 0 radical (unpaired) electrons. The standard InChI is InChI=1S/C23H33N3O4/c1-16-13-21-19(20(16)15-24-23(28)25-9-11-30-12-10-25)14-22(27)26(21)8-7-17-3-5-18(29-2)6-4-17/h3-6,16,19-21H,7-15H2,1-2H3,(H,24,28)/t16-,19-,20+,21+/m0/s1. The van der Waals surface area contributed by atoms with Crippen LogP contribution in [0.25, 0.3) is 0 Å². The molecule has 2 aliphatic heterocycles. The number of fused-ring (bicyclic) bond motifs is 1. The van der Waals surface area contributed by atoms with Gasteiger partial charge in [-0.2, -0.15) is 0 Å². The van der Waals surface area contributed by atoms with Gasteiger partial charge in [-0.25, -0.2) is 4.79 Å². The average molecular weight is 416 g/mol. The van der Waals surface area contributed by atoms with Crippen LogP contribution in [-0.4, -0.2) is 74.3 Å². The second-order valence-electron chi connectivity index (χ2n) is 8.78. The Morgan fingerprint density at radius 1 is 1.23 bits per heavy atom. The van der Waals surface area contributed by atoms with E-state index in [1.807, 2.05) is 17.0 Å². The molecule has 2 heterocycles. The van der Waals surface area contributed by atoms with Gasteiger partial charge in [-0.3, -0.25) is 4.79 Å². The number of nitrogens with one attached hydrogen (secondary N) is 1. The lowest BCUT2D eigenvalue weighted by Crippen LogP contribution is -2.47. The van der Waals surface area contributed by atoms with Gasteiger partial charge in [0.25, 0.3) is 0 Å². The zero-order chi connectivity index (χ0) is 21.1. The van der Waals surface area contributed by atoms with Gasteiger partial charge in [-0.05, 0) is 48.3 Å². The molecule has 1 N–H and O–H groups in total. The van der Waals surface area contributed by atoms with E-state index in [1.54, 1.807) is 7.11 Å². The van der Waals surface area contributed by atoms with Crippen molar-refractivity contribution < 1.29 is 19.1 Å². The van der Waals surface area contributed by atoms with Crippen LogP contribution >= 0.6 is 0 Å². The summed E-state index contributed by atoms with van der Waals surface area (Å²) >= 11 is 0. The third kappa shape index (κ3) is 4.41. The van der Waals surface area contributed by atoms with Crippen LogP contribution in [0.15, 0.2) is 24.3 Å². The van der Waals surface area contributed by atoms with Crippen LogP contribution in [0.5, 0.6) is 5.75 Å². The maximum atomic E-state index is 12.7. The van der Waals surface area contributed by atoms with Crippen molar-refractivity contribution in [2.45, 2.75) is 32.2 Å². The molecule has 0 unspecified atom stereocenters. The van der Waals surface area contributed by atoms with Crippen molar-refractivity contribution in [2.75, 3.05) is 46.5 Å². The Morgan fingerprint density at radius 2 is 1.97 bits per heavy atom. The fourth-order valence-electron chi connectivity index (χ4n) is 5.36. The second kappa shape index (κ2) is 9.25. The van der Waals surface area contributed by atoms with E-state index < -0.39 is 0 Å². The highest BCUT2D eigenvalue weighted by Crippen LogP contribution is 2.45. The summed E-state index contributed by atoms with van der Waals surface area (Å²) in [6, 6.07) is 8.37. The Kier molecular flexibility index (Phi) is 6.46. The predicted molar refractivity (Wildman–Crippen MR) is 113 cm³/mol. The summed E-state index contributed by atoms with van der Waals surface area (Å²) in [7, 11) is 1.67. The van der Waals surface area contributed by atoms with E-state index in [1.165, 1.54) is 5.56 Å². The molecule has 7 nitrogen and oxygen atoms in total. The molecule has 4 atom stereocenters. The van der Waals surface area contributed by atoms with E-state index in [9.17, 15) is 9.59 Å². The third-order valence-electron chi connectivity index (χ3n) is 7.11. The molecule has 0 bridgehead atoms. The molecule has 3 fully saturated rings. The number of hydrogen-bond donors (Lipinski definition) is 1. The summed E-state index contributed by atoms with van der Waals surface area (Å²) in [6.07, 6.45) is 2.48. The molecular weight excluding hydrogens is 382 g/mol. The van der Waals surface area contributed by atoms with Gasteiger partial charge in [-0.15, -0.1) is 0 Å². The summed E-state index contributed by atoms with van der Waals surface area (Å²) < 4.78 is 10.5. The number of morpholine rings is 1. The van der Waals surface area contributed by atoms with Crippen LogP contribution in [0.4, 0.5) is 4.79 Å². The van der Waals surface area contributed by atoms with E-state index >= 15 is 0 Å². The number of amides is 3. The van der Waals surface area contributed by atoms with Crippen LogP contribution in [-0.2, 0) is 16.0 Å². The van der Waals surface area contributed by atoms with Crippen molar-refractivity contribution in [3.63, 3.8) is 0 Å². The number of methoxy groups -OCH3 is 1. The van der Waals surface area contributed by atoms with Crippen LogP contribution in [0.2, 0.25) is 0 Å². The lowest BCUT2D eigenvalue weighted by Gasteiger charge is -2.29. The zero-order valence-corrected chi connectivity index (χ0v) is 18.0. The zero-order valence-electron chi connectivity index (χ0n) is 18.0. The number of urea groups is 1. The number of carbonyl (C=O) groups is 2. The SMILES string of the molecule is COc1ccc(CCN2C(=O)C[C@H]3[C@H](CNC(=O)N4CCOCC4)[C@@H](C)C[C@H]32)cc1. The van der Waals surface area contributed by atoms with Gasteiger partial charge in [0.2, 0.25) is 5.91 Å². The molecule has 7 heteroatoms. The summed E-state index contributed by atoms with van der Waals surface area (Å²) in [5.74, 6) is 2.31. The topological polar surface area (TPSA) is 71.1 Å². The number of ether oxygens (including phenoxy) is 2. The molecule has 30 heavy (non-hydrogen) atoms.